The van der Waals surface area contributed by atoms with E-state index in [9.17, 15) is 0 Å². The van der Waals surface area contributed by atoms with E-state index in [0.717, 1.165) is 23.5 Å². The number of fused-ring (bicyclic) bond motifs is 7. The molecule has 2 nitrogen and oxygen atoms in total. The summed E-state index contributed by atoms with van der Waals surface area (Å²) in [7, 11) is 0. The Labute approximate surface area is 354 Å². The van der Waals surface area contributed by atoms with E-state index in [1.165, 1.54) is 83.1 Å². The SMILES string of the molecule is CC1(C)CC(C)(C)c2c(-c3cccc(-n4c5ccccc5c5ccc(N(c6cccc(-c7ccccc7)c6)c6cccc7c6-c6ccccc6C7(C)C)cc54)c3)cccc21. The molecule has 0 saturated heterocycles. The molecule has 1 heterocycles. The van der Waals surface area contributed by atoms with Crippen LogP contribution in [0.2, 0.25) is 0 Å². The first kappa shape index (κ1) is 36.4. The van der Waals surface area contributed by atoms with Gasteiger partial charge in [0.25, 0.3) is 0 Å². The first-order chi connectivity index (χ1) is 29.0. The number of hydrogen-bond acceptors (Lipinski definition) is 1. The Kier molecular flexibility index (Phi) is 8.01. The van der Waals surface area contributed by atoms with Crippen LogP contribution < -0.4 is 4.90 Å². The molecule has 0 unspecified atom stereocenters. The molecular weight excluding hydrogens is 725 g/mol. The maximum Gasteiger partial charge on any atom is 0.0561 e. The van der Waals surface area contributed by atoms with Crippen molar-refractivity contribution in [2.75, 3.05) is 4.90 Å². The minimum Gasteiger partial charge on any atom is -0.310 e. The Hall–Kier alpha value is -6.64. The summed E-state index contributed by atoms with van der Waals surface area (Å²) in [6.45, 7) is 14.4. The maximum absolute atomic E-state index is 2.50. The minimum absolute atomic E-state index is 0.0851. The van der Waals surface area contributed by atoms with Crippen LogP contribution in [0.3, 0.4) is 0 Å². The summed E-state index contributed by atoms with van der Waals surface area (Å²) in [4.78, 5) is 2.50. The second-order valence-electron chi connectivity index (χ2n) is 18.9. The van der Waals surface area contributed by atoms with Crippen molar-refractivity contribution < 1.29 is 0 Å². The van der Waals surface area contributed by atoms with Crippen LogP contribution in [0.15, 0.2) is 182 Å². The van der Waals surface area contributed by atoms with Crippen LogP contribution in [-0.2, 0) is 16.2 Å². The second kappa shape index (κ2) is 13.2. The molecule has 2 aliphatic carbocycles. The monoisotopic (exact) mass is 774 g/mol. The van der Waals surface area contributed by atoms with E-state index in [4.69, 9.17) is 0 Å². The Balaban J connectivity index is 1.15. The lowest BCUT2D eigenvalue weighted by Gasteiger charge is -2.29. The van der Waals surface area contributed by atoms with Crippen LogP contribution in [0.25, 0.3) is 60.9 Å². The van der Waals surface area contributed by atoms with E-state index in [1.807, 2.05) is 0 Å². The number of benzene rings is 8. The number of hydrogen-bond donors (Lipinski definition) is 0. The summed E-state index contributed by atoms with van der Waals surface area (Å²) in [5.74, 6) is 0. The van der Waals surface area contributed by atoms with E-state index < -0.39 is 0 Å². The van der Waals surface area contributed by atoms with Crippen molar-refractivity contribution in [2.45, 2.75) is 64.2 Å². The predicted molar refractivity (Wildman–Crippen MR) is 255 cm³/mol. The normalized spacial score (nSPS) is 15.5. The minimum atomic E-state index is -0.120. The van der Waals surface area contributed by atoms with E-state index in [1.54, 1.807) is 0 Å². The summed E-state index contributed by atoms with van der Waals surface area (Å²) < 4.78 is 2.49. The van der Waals surface area contributed by atoms with Crippen molar-refractivity contribution in [3.05, 3.63) is 204 Å². The van der Waals surface area contributed by atoms with Gasteiger partial charge in [-0.3, -0.25) is 0 Å². The highest BCUT2D eigenvalue weighted by atomic mass is 15.1. The van der Waals surface area contributed by atoms with Crippen molar-refractivity contribution in [3.8, 4) is 39.1 Å². The summed E-state index contributed by atoms with van der Waals surface area (Å²) in [6.07, 6.45) is 1.14. The van der Waals surface area contributed by atoms with Crippen molar-refractivity contribution in [1.82, 2.24) is 4.57 Å². The molecule has 0 amide bonds. The molecule has 0 bridgehead atoms. The lowest BCUT2D eigenvalue weighted by Crippen LogP contribution is -2.18. The van der Waals surface area contributed by atoms with Gasteiger partial charge in [-0.15, -0.1) is 0 Å². The molecule has 2 heteroatoms. The van der Waals surface area contributed by atoms with Gasteiger partial charge in [-0.25, -0.2) is 0 Å². The van der Waals surface area contributed by atoms with Gasteiger partial charge in [-0.05, 0) is 116 Å². The highest BCUT2D eigenvalue weighted by molar-refractivity contribution is 6.11. The maximum atomic E-state index is 2.50. The molecule has 0 saturated carbocycles. The Bertz CT molecular complexity index is 3160. The number of anilines is 3. The molecule has 9 aromatic rings. The first-order valence-corrected chi connectivity index (χ1v) is 21.5. The van der Waals surface area contributed by atoms with Crippen LogP contribution in [0, 0.1) is 0 Å². The Morgan fingerprint density at radius 3 is 1.93 bits per heavy atom. The molecule has 2 aliphatic rings. The van der Waals surface area contributed by atoms with Gasteiger partial charge in [0.15, 0.2) is 0 Å². The first-order valence-electron chi connectivity index (χ1n) is 21.5. The zero-order valence-corrected chi connectivity index (χ0v) is 35.4. The third-order valence-corrected chi connectivity index (χ3v) is 13.7. The van der Waals surface area contributed by atoms with Crippen LogP contribution >= 0.6 is 0 Å². The number of aromatic nitrogens is 1. The summed E-state index contributed by atoms with van der Waals surface area (Å²) in [6, 6.07) is 67.8. The van der Waals surface area contributed by atoms with Gasteiger partial charge in [0.1, 0.15) is 0 Å². The van der Waals surface area contributed by atoms with Crippen LogP contribution in [-0.4, -0.2) is 4.57 Å². The fraction of sp³-hybridized carbons (Fsp3) is 0.172. The second-order valence-corrected chi connectivity index (χ2v) is 18.9. The average Bonchev–Trinajstić information content (AvgIpc) is 3.79. The van der Waals surface area contributed by atoms with Gasteiger partial charge in [0, 0.05) is 38.8 Å². The van der Waals surface area contributed by atoms with Gasteiger partial charge < -0.3 is 9.47 Å². The lowest BCUT2D eigenvalue weighted by atomic mass is 9.80. The summed E-state index contributed by atoms with van der Waals surface area (Å²) >= 11 is 0. The molecule has 0 aliphatic heterocycles. The largest absolute Gasteiger partial charge is 0.310 e. The molecule has 0 fully saturated rings. The quantitative estimate of drug-likeness (QED) is 0.163. The van der Waals surface area contributed by atoms with E-state index >= 15 is 0 Å². The zero-order valence-electron chi connectivity index (χ0n) is 35.4. The smallest absolute Gasteiger partial charge is 0.0561 e. The summed E-state index contributed by atoms with van der Waals surface area (Å²) in [5.41, 5.74) is 20.4. The van der Waals surface area contributed by atoms with Gasteiger partial charge in [-0.2, -0.15) is 0 Å². The van der Waals surface area contributed by atoms with Crippen LogP contribution in [0.5, 0.6) is 0 Å². The fourth-order valence-electron chi connectivity index (χ4n) is 11.4. The average molecular weight is 775 g/mol. The topological polar surface area (TPSA) is 8.17 Å². The van der Waals surface area contributed by atoms with Gasteiger partial charge in [0.05, 0.1) is 16.7 Å². The Morgan fingerprint density at radius 2 is 1.07 bits per heavy atom. The highest BCUT2D eigenvalue weighted by Crippen LogP contribution is 2.55. The summed E-state index contributed by atoms with van der Waals surface area (Å²) in [5, 5.41) is 2.49. The predicted octanol–water partition coefficient (Wildman–Crippen LogP) is 15.9. The molecule has 0 spiro atoms. The van der Waals surface area contributed by atoms with Crippen molar-refractivity contribution >= 4 is 38.9 Å². The fourth-order valence-corrected chi connectivity index (χ4v) is 11.4. The molecule has 8 aromatic carbocycles. The van der Waals surface area contributed by atoms with Crippen molar-refractivity contribution in [3.63, 3.8) is 0 Å². The van der Waals surface area contributed by atoms with Gasteiger partial charge >= 0.3 is 0 Å². The molecule has 1 aromatic heterocycles. The molecule has 0 radical (unpaired) electrons. The van der Waals surface area contributed by atoms with E-state index in [-0.39, 0.29) is 16.2 Å². The van der Waals surface area contributed by atoms with Gasteiger partial charge in [-0.1, -0.05) is 175 Å². The zero-order chi connectivity index (χ0) is 41.0. The molecule has 0 N–H and O–H groups in total. The number of nitrogens with zero attached hydrogens (tertiary/aromatic N) is 2. The third-order valence-electron chi connectivity index (χ3n) is 13.7. The van der Waals surface area contributed by atoms with Gasteiger partial charge in [0.2, 0.25) is 0 Å². The number of para-hydroxylation sites is 1. The molecule has 0 atom stereocenters. The molecule has 292 valence electrons. The van der Waals surface area contributed by atoms with Crippen molar-refractivity contribution in [1.29, 1.82) is 0 Å². The van der Waals surface area contributed by atoms with Crippen LogP contribution in [0.4, 0.5) is 17.1 Å². The molecular formula is C58H50N2. The Morgan fingerprint density at radius 1 is 0.433 bits per heavy atom. The van der Waals surface area contributed by atoms with E-state index in [2.05, 4.69) is 233 Å². The molecule has 60 heavy (non-hydrogen) atoms. The lowest BCUT2D eigenvalue weighted by molar-refractivity contribution is 0.403. The van der Waals surface area contributed by atoms with Crippen LogP contribution in [0.1, 0.15) is 70.2 Å². The van der Waals surface area contributed by atoms with E-state index in [0.29, 0.717) is 0 Å². The number of rotatable bonds is 6. The van der Waals surface area contributed by atoms with Crippen molar-refractivity contribution in [2.24, 2.45) is 0 Å². The molecule has 11 rings (SSSR count). The standard InChI is InChI=1S/C58H50N2/c1-56(2)37-57(3,4)55-44(26-16-29-50(55)56)40-21-15-23-42(35-40)60-51-30-13-11-24-45(51)46-33-32-43(36-53(46)60)59(41-22-14-20-39(34-41)38-18-8-7-9-19-38)52-31-17-28-49-54(52)47-25-10-12-27-48(47)58(49,5)6/h7-36H,37H2,1-6H3. The third kappa shape index (κ3) is 5.47. The highest BCUT2D eigenvalue weighted by Gasteiger charge is 2.43.